The molecule has 0 saturated heterocycles. The first-order valence-electron chi connectivity index (χ1n) is 23.3. The number of hydrogen-bond donors (Lipinski definition) is 3. The second kappa shape index (κ2) is 14.1. The first-order chi connectivity index (χ1) is 28.2. The highest BCUT2D eigenvalue weighted by Crippen LogP contribution is 2.76. The number of ketones is 1. The first-order valence-corrected chi connectivity index (χ1v) is 23.7. The minimum Gasteiger partial charge on any atom is -0.481 e. The van der Waals surface area contributed by atoms with Gasteiger partial charge in [-0.05, 0) is 159 Å². The van der Waals surface area contributed by atoms with Gasteiger partial charge in [-0.15, -0.1) is 0 Å². The summed E-state index contributed by atoms with van der Waals surface area (Å²) < 4.78 is 6.43. The van der Waals surface area contributed by atoms with Gasteiger partial charge in [0.1, 0.15) is 11.6 Å². The summed E-state index contributed by atoms with van der Waals surface area (Å²) in [6.45, 7) is 23.7. The second-order valence-corrected chi connectivity index (χ2v) is 24.1. The number of hydrogen-bond acceptors (Lipinski definition) is 6. The van der Waals surface area contributed by atoms with Crippen LogP contribution in [0.1, 0.15) is 159 Å². The zero-order valence-electron chi connectivity index (χ0n) is 38.6. The number of esters is 1. The normalized spacial score (nSPS) is 39.1. The largest absolute Gasteiger partial charge is 0.481 e. The molecule has 2 amide bonds. The van der Waals surface area contributed by atoms with Crippen LogP contribution in [0.4, 0.5) is 0 Å². The van der Waals surface area contributed by atoms with E-state index < -0.39 is 39.7 Å². The van der Waals surface area contributed by atoms with Crippen LogP contribution in [0.5, 0.6) is 0 Å². The molecule has 61 heavy (non-hydrogen) atoms. The molecule has 1 aromatic rings. The number of fused-ring (bicyclic) bond motifs is 7. The fraction of sp³-hybridized carbons (Fsp3) is 0.745. The lowest BCUT2D eigenvalue weighted by Gasteiger charge is -2.72. The van der Waals surface area contributed by atoms with Crippen molar-refractivity contribution in [3.8, 4) is 0 Å². The lowest BCUT2D eigenvalue weighted by molar-refractivity contribution is -0.235. The van der Waals surface area contributed by atoms with Gasteiger partial charge >= 0.3 is 11.9 Å². The summed E-state index contributed by atoms with van der Waals surface area (Å²) in [5, 5.41) is 16.9. The molecule has 0 aromatic heterocycles. The van der Waals surface area contributed by atoms with E-state index in [9.17, 15) is 29.1 Å². The lowest BCUT2D eigenvalue weighted by atomic mass is 9.33. The Balaban J connectivity index is 1.03. The number of benzene rings is 1. The highest BCUT2D eigenvalue weighted by molar-refractivity contribution is 6.30. The number of carboxylic acids is 1. The molecule has 8 rings (SSSR count). The van der Waals surface area contributed by atoms with Gasteiger partial charge in [-0.1, -0.05) is 86.0 Å². The Morgan fingerprint density at radius 2 is 1.46 bits per heavy atom. The third-order valence-electron chi connectivity index (χ3n) is 19.4. The van der Waals surface area contributed by atoms with Crippen LogP contribution in [0.15, 0.2) is 35.4 Å². The van der Waals surface area contributed by atoms with E-state index in [1.54, 1.807) is 26.0 Å². The van der Waals surface area contributed by atoms with Crippen LogP contribution < -0.4 is 10.6 Å². The molecule has 1 aromatic carbocycles. The lowest BCUT2D eigenvalue weighted by Crippen LogP contribution is -2.68. The second-order valence-electron chi connectivity index (χ2n) is 23.7. The molecule has 0 unspecified atom stereocenters. The predicted molar refractivity (Wildman–Crippen MR) is 235 cm³/mol. The summed E-state index contributed by atoms with van der Waals surface area (Å²) in [5.74, 6) is -1.38. The first kappa shape index (κ1) is 44.4. The Morgan fingerprint density at radius 1 is 0.803 bits per heavy atom. The van der Waals surface area contributed by atoms with E-state index in [1.165, 1.54) is 0 Å². The SMILES string of the molecule is CC(C)C1=C2[C@H]3CC[C@@H]4[C@@]5(C)CC[C@H](OC(=O)[C@H]6C[C@@H](C(=O)O)C6(C)C)C(C)(C)[C@@H]5CC[C@@]4(C)[C@]3(C)CC[C@@]2(NC(=O)C(C)(C)NC(=O)C2(c3ccc(Cl)cc3)CC2)CC1=O. The van der Waals surface area contributed by atoms with Gasteiger partial charge in [-0.25, -0.2) is 0 Å². The highest BCUT2D eigenvalue weighted by Gasteiger charge is 2.71. The molecule has 7 aliphatic rings. The molecule has 7 aliphatic carbocycles. The van der Waals surface area contributed by atoms with Crippen molar-refractivity contribution in [1.82, 2.24) is 10.6 Å². The van der Waals surface area contributed by atoms with Crippen LogP contribution in [0.25, 0.3) is 0 Å². The number of carbonyl (C=O) groups excluding carboxylic acids is 4. The van der Waals surface area contributed by atoms with Gasteiger partial charge in [-0.3, -0.25) is 24.0 Å². The van der Waals surface area contributed by atoms with E-state index in [1.807, 2.05) is 26.0 Å². The van der Waals surface area contributed by atoms with Crippen LogP contribution in [0, 0.1) is 62.6 Å². The van der Waals surface area contributed by atoms with Gasteiger partial charge in [0.05, 0.1) is 22.8 Å². The molecule has 0 spiro atoms. The molecule has 10 atom stereocenters. The molecule has 9 nitrogen and oxygen atoms in total. The number of allylic oxidation sites excluding steroid dienone is 1. The highest BCUT2D eigenvalue weighted by atomic mass is 35.5. The summed E-state index contributed by atoms with van der Waals surface area (Å²) in [6.07, 6.45) is 9.13. The van der Waals surface area contributed by atoms with Gasteiger partial charge in [0.2, 0.25) is 11.8 Å². The van der Waals surface area contributed by atoms with Gasteiger partial charge in [-0.2, -0.15) is 0 Å². The van der Waals surface area contributed by atoms with E-state index in [4.69, 9.17) is 16.3 Å². The Labute approximate surface area is 368 Å². The van der Waals surface area contributed by atoms with Crippen LogP contribution in [0.2, 0.25) is 5.02 Å². The molecule has 3 N–H and O–H groups in total. The number of ether oxygens (including phenoxy) is 1. The molecular weight excluding hydrogens is 788 g/mol. The molecule has 0 bridgehead atoms. The van der Waals surface area contributed by atoms with E-state index in [-0.39, 0.29) is 69.6 Å². The molecule has 0 aliphatic heterocycles. The molecule has 0 radical (unpaired) electrons. The van der Waals surface area contributed by atoms with Gasteiger partial charge in [0.25, 0.3) is 0 Å². The van der Waals surface area contributed by atoms with E-state index in [0.717, 1.165) is 61.7 Å². The number of rotatable bonds is 9. The van der Waals surface area contributed by atoms with Crippen LogP contribution in [-0.2, 0) is 34.1 Å². The Hall–Kier alpha value is -3.20. The summed E-state index contributed by atoms with van der Waals surface area (Å²) in [6, 6.07) is 7.41. The topological polar surface area (TPSA) is 139 Å². The smallest absolute Gasteiger partial charge is 0.309 e. The van der Waals surface area contributed by atoms with Gasteiger partial charge in [0, 0.05) is 16.9 Å². The standard InChI is InChI=1S/C51H71ClN2O7/c1-28(2)38-34(55)27-51(54-42(59)46(7,8)53-43(60)50(23-24-50)29-12-14-30(52)15-13-29)25-22-48(10)31(39(38)51)16-17-36-47(9)20-19-37(45(5,6)35(47)18-21-49(36,48)11)61-41(58)33-26-32(40(56)57)44(33,3)4/h12-15,28,31-33,35-37H,16-27H2,1-11H3,(H,53,60)(H,54,59)(H,56,57)/t31-,32+,33-,35+,36-,37+,47+,48-,49-,51-/m1/s1. The van der Waals surface area contributed by atoms with Crippen LogP contribution in [0.3, 0.4) is 0 Å². The van der Waals surface area contributed by atoms with Crippen molar-refractivity contribution >= 4 is 41.1 Å². The zero-order valence-corrected chi connectivity index (χ0v) is 39.4. The van der Waals surface area contributed by atoms with Crippen molar-refractivity contribution in [1.29, 1.82) is 0 Å². The third-order valence-corrected chi connectivity index (χ3v) is 19.7. The summed E-state index contributed by atoms with van der Waals surface area (Å²) in [5.41, 5.74) is -0.710. The molecular formula is C51H71ClN2O7. The summed E-state index contributed by atoms with van der Waals surface area (Å²) in [4.78, 5) is 68.3. The van der Waals surface area contributed by atoms with Gasteiger partial charge in [0.15, 0.2) is 5.78 Å². The third kappa shape index (κ3) is 6.36. The predicted octanol–water partition coefficient (Wildman–Crippen LogP) is 9.77. The van der Waals surface area contributed by atoms with Crippen molar-refractivity contribution in [3.63, 3.8) is 0 Å². The maximum absolute atomic E-state index is 14.6. The van der Waals surface area contributed by atoms with Crippen molar-refractivity contribution in [3.05, 3.63) is 46.0 Å². The zero-order chi connectivity index (χ0) is 44.7. The number of aliphatic carboxylic acids is 1. The van der Waals surface area contributed by atoms with Crippen molar-refractivity contribution in [2.24, 2.45) is 62.6 Å². The maximum Gasteiger partial charge on any atom is 0.309 e. The molecule has 334 valence electrons. The minimum absolute atomic E-state index is 0.0172. The maximum atomic E-state index is 14.6. The number of halogens is 1. The summed E-state index contributed by atoms with van der Waals surface area (Å²) >= 11 is 6.16. The van der Waals surface area contributed by atoms with Crippen LogP contribution >= 0.6 is 11.6 Å². The van der Waals surface area contributed by atoms with Gasteiger partial charge < -0.3 is 20.5 Å². The molecule has 6 fully saturated rings. The average Bonchev–Trinajstić information content (AvgIpc) is 3.91. The Morgan fingerprint density at radius 3 is 2.05 bits per heavy atom. The minimum atomic E-state index is -1.21. The summed E-state index contributed by atoms with van der Waals surface area (Å²) in [7, 11) is 0. The van der Waals surface area contributed by atoms with Crippen molar-refractivity contribution < 1.29 is 33.8 Å². The molecule has 6 saturated carbocycles. The number of nitrogens with one attached hydrogen (secondary N) is 2. The Kier molecular flexibility index (Phi) is 10.3. The fourth-order valence-corrected chi connectivity index (χ4v) is 15.4. The monoisotopic (exact) mass is 858 g/mol. The van der Waals surface area contributed by atoms with E-state index in [2.05, 4.69) is 59.1 Å². The Bertz CT molecular complexity index is 2080. The van der Waals surface area contributed by atoms with Crippen LogP contribution in [-0.4, -0.2) is 51.8 Å². The number of Topliss-reactive ketones (excluding diaryl/α,β-unsaturated/α-hetero) is 1. The fourth-order valence-electron chi connectivity index (χ4n) is 15.3. The van der Waals surface area contributed by atoms with Crippen molar-refractivity contribution in [2.75, 3.05) is 0 Å². The number of carboxylic acid groups (broad SMARTS) is 1. The molecule has 0 heterocycles. The molecule has 10 heteroatoms. The van der Waals surface area contributed by atoms with Crippen molar-refractivity contribution in [2.45, 2.75) is 176 Å². The quantitative estimate of drug-likeness (QED) is 0.210. The number of amides is 2. The van der Waals surface area contributed by atoms with E-state index in [0.29, 0.717) is 42.5 Å². The average molecular weight is 860 g/mol. The number of carbonyl (C=O) groups is 5. The van der Waals surface area contributed by atoms with E-state index >= 15 is 0 Å².